The Balaban J connectivity index is 2.40. The third kappa shape index (κ3) is 2.53. The third-order valence-corrected chi connectivity index (χ3v) is 2.94. The van der Waals surface area contributed by atoms with Crippen LogP contribution in [0.5, 0.6) is 0 Å². The lowest BCUT2D eigenvalue weighted by Crippen LogP contribution is -2.27. The first-order valence-corrected chi connectivity index (χ1v) is 5.76. The number of nitrogens with one attached hydrogen (secondary N) is 1. The number of fused-ring (bicyclic) bond motifs is 1. The van der Waals surface area contributed by atoms with E-state index in [0.29, 0.717) is 23.8 Å². The molecule has 2 aromatic rings. The molecular weight excluding hydrogens is 214 g/mol. The Morgan fingerprint density at radius 3 is 2.76 bits per heavy atom. The van der Waals surface area contributed by atoms with Gasteiger partial charge in [0.2, 0.25) is 0 Å². The topological polar surface area (TPSA) is 49.0 Å². The molecule has 0 aliphatic rings. The number of aromatic amines is 1. The average Bonchev–Trinajstić information content (AvgIpc) is 2.29. The fourth-order valence-corrected chi connectivity index (χ4v) is 1.63. The largest absolute Gasteiger partial charge is 0.309 e. The highest BCUT2D eigenvalue weighted by Gasteiger charge is 2.08. The molecule has 0 radical (unpaired) electrons. The van der Waals surface area contributed by atoms with Gasteiger partial charge in [0.05, 0.1) is 17.4 Å². The van der Waals surface area contributed by atoms with E-state index >= 15 is 0 Å². The van der Waals surface area contributed by atoms with Crippen LogP contribution in [0.25, 0.3) is 10.9 Å². The fourth-order valence-electron chi connectivity index (χ4n) is 1.63. The standard InChI is InChI=1S/C13H17N3O/c1-9(2)16(3)8-12-14-11-7-5-4-6-10(11)13(17)15-12/h4-7,9H,8H2,1-3H3,(H,14,15,17). The second kappa shape index (κ2) is 4.67. The van der Waals surface area contributed by atoms with Gasteiger partial charge in [0.15, 0.2) is 0 Å². The number of nitrogens with zero attached hydrogens (tertiary/aromatic N) is 2. The first kappa shape index (κ1) is 11.8. The summed E-state index contributed by atoms with van der Waals surface area (Å²) in [6, 6.07) is 7.82. The molecule has 0 atom stereocenters. The summed E-state index contributed by atoms with van der Waals surface area (Å²) in [4.78, 5) is 21.3. The van der Waals surface area contributed by atoms with Gasteiger partial charge in [-0.15, -0.1) is 0 Å². The molecule has 0 spiro atoms. The van der Waals surface area contributed by atoms with Gasteiger partial charge in [-0.05, 0) is 33.0 Å². The molecule has 1 N–H and O–H groups in total. The van der Waals surface area contributed by atoms with Crippen molar-refractivity contribution in [3.05, 3.63) is 40.4 Å². The predicted octanol–water partition coefficient (Wildman–Crippen LogP) is 1.76. The Kier molecular flexibility index (Phi) is 3.24. The Labute approximate surface area is 100 Å². The van der Waals surface area contributed by atoms with Crippen molar-refractivity contribution >= 4 is 10.9 Å². The normalized spacial score (nSPS) is 11.6. The molecule has 0 saturated carbocycles. The number of para-hydroxylation sites is 1. The van der Waals surface area contributed by atoms with E-state index in [1.807, 2.05) is 25.2 Å². The maximum atomic E-state index is 11.8. The molecule has 0 saturated heterocycles. The number of H-pyrrole nitrogens is 1. The van der Waals surface area contributed by atoms with Gasteiger partial charge < -0.3 is 4.98 Å². The molecule has 0 aliphatic carbocycles. The van der Waals surface area contributed by atoms with Gasteiger partial charge in [-0.25, -0.2) is 4.98 Å². The van der Waals surface area contributed by atoms with E-state index in [2.05, 4.69) is 28.7 Å². The van der Waals surface area contributed by atoms with Crippen LogP contribution >= 0.6 is 0 Å². The summed E-state index contributed by atoms with van der Waals surface area (Å²) in [6.07, 6.45) is 0. The van der Waals surface area contributed by atoms with Crippen LogP contribution in [0.2, 0.25) is 0 Å². The Morgan fingerprint density at radius 2 is 2.06 bits per heavy atom. The number of rotatable bonds is 3. The molecule has 4 nitrogen and oxygen atoms in total. The van der Waals surface area contributed by atoms with E-state index in [-0.39, 0.29) is 5.56 Å². The van der Waals surface area contributed by atoms with Gasteiger partial charge in [0.25, 0.3) is 5.56 Å². The third-order valence-electron chi connectivity index (χ3n) is 2.94. The van der Waals surface area contributed by atoms with Crippen molar-refractivity contribution in [2.24, 2.45) is 0 Å². The first-order valence-electron chi connectivity index (χ1n) is 5.76. The molecule has 1 aromatic carbocycles. The van der Waals surface area contributed by atoms with Gasteiger partial charge in [-0.3, -0.25) is 9.69 Å². The van der Waals surface area contributed by atoms with Crippen molar-refractivity contribution < 1.29 is 0 Å². The Hall–Kier alpha value is -1.68. The van der Waals surface area contributed by atoms with E-state index in [0.717, 1.165) is 5.52 Å². The zero-order chi connectivity index (χ0) is 12.4. The SMILES string of the molecule is CC(C)N(C)Cc1nc2ccccc2c(=O)[nH]1. The molecule has 17 heavy (non-hydrogen) atoms. The molecule has 0 unspecified atom stereocenters. The highest BCUT2D eigenvalue weighted by atomic mass is 16.1. The molecule has 2 rings (SSSR count). The zero-order valence-corrected chi connectivity index (χ0v) is 10.4. The van der Waals surface area contributed by atoms with Crippen LogP contribution in [0.1, 0.15) is 19.7 Å². The van der Waals surface area contributed by atoms with Crippen molar-refractivity contribution in [2.45, 2.75) is 26.4 Å². The molecule has 0 aliphatic heterocycles. The molecule has 0 amide bonds. The second-order valence-electron chi connectivity index (χ2n) is 4.54. The monoisotopic (exact) mass is 231 g/mol. The second-order valence-corrected chi connectivity index (χ2v) is 4.54. The van der Waals surface area contributed by atoms with E-state index < -0.39 is 0 Å². The quantitative estimate of drug-likeness (QED) is 0.875. The van der Waals surface area contributed by atoms with Gasteiger partial charge in [0, 0.05) is 6.04 Å². The van der Waals surface area contributed by atoms with Crippen LogP contribution in [0.3, 0.4) is 0 Å². The molecule has 4 heteroatoms. The maximum absolute atomic E-state index is 11.8. The number of benzene rings is 1. The highest BCUT2D eigenvalue weighted by Crippen LogP contribution is 2.07. The van der Waals surface area contributed by atoms with Gasteiger partial charge >= 0.3 is 0 Å². The lowest BCUT2D eigenvalue weighted by atomic mass is 10.2. The molecule has 1 aromatic heterocycles. The average molecular weight is 231 g/mol. The summed E-state index contributed by atoms with van der Waals surface area (Å²) in [5.41, 5.74) is 0.686. The van der Waals surface area contributed by atoms with Crippen LogP contribution in [0.15, 0.2) is 29.1 Å². The fraction of sp³-hybridized carbons (Fsp3) is 0.385. The zero-order valence-electron chi connectivity index (χ0n) is 10.4. The minimum absolute atomic E-state index is 0.0669. The Morgan fingerprint density at radius 1 is 1.35 bits per heavy atom. The van der Waals surface area contributed by atoms with E-state index in [4.69, 9.17) is 0 Å². The molecule has 1 heterocycles. The van der Waals surface area contributed by atoms with Crippen molar-refractivity contribution in [1.82, 2.24) is 14.9 Å². The maximum Gasteiger partial charge on any atom is 0.258 e. The lowest BCUT2D eigenvalue weighted by molar-refractivity contribution is 0.259. The van der Waals surface area contributed by atoms with Crippen LogP contribution in [0.4, 0.5) is 0 Å². The van der Waals surface area contributed by atoms with Crippen molar-refractivity contribution in [3.8, 4) is 0 Å². The number of aromatic nitrogens is 2. The van der Waals surface area contributed by atoms with Crippen molar-refractivity contribution in [1.29, 1.82) is 0 Å². The lowest BCUT2D eigenvalue weighted by Gasteiger charge is -2.20. The van der Waals surface area contributed by atoms with Crippen LogP contribution in [-0.4, -0.2) is 28.0 Å². The van der Waals surface area contributed by atoms with Gasteiger partial charge in [-0.1, -0.05) is 12.1 Å². The Bertz CT molecular complexity index is 574. The summed E-state index contributed by atoms with van der Waals surface area (Å²) in [6.45, 7) is 4.87. The minimum atomic E-state index is -0.0669. The van der Waals surface area contributed by atoms with Crippen molar-refractivity contribution in [2.75, 3.05) is 7.05 Å². The number of hydrogen-bond acceptors (Lipinski definition) is 3. The minimum Gasteiger partial charge on any atom is -0.309 e. The molecular formula is C13H17N3O. The van der Waals surface area contributed by atoms with Crippen molar-refractivity contribution in [3.63, 3.8) is 0 Å². The molecule has 0 bridgehead atoms. The summed E-state index contributed by atoms with van der Waals surface area (Å²) in [5, 5.41) is 0.642. The highest BCUT2D eigenvalue weighted by molar-refractivity contribution is 5.77. The van der Waals surface area contributed by atoms with E-state index in [1.165, 1.54) is 0 Å². The smallest absolute Gasteiger partial charge is 0.258 e. The summed E-state index contributed by atoms with van der Waals surface area (Å²) in [5.74, 6) is 0.713. The first-order chi connectivity index (χ1) is 8.08. The molecule has 90 valence electrons. The summed E-state index contributed by atoms with van der Waals surface area (Å²) in [7, 11) is 2.01. The summed E-state index contributed by atoms with van der Waals surface area (Å²) < 4.78 is 0. The molecule has 0 fully saturated rings. The predicted molar refractivity (Wildman–Crippen MR) is 69.0 cm³/mol. The summed E-state index contributed by atoms with van der Waals surface area (Å²) >= 11 is 0. The number of hydrogen-bond donors (Lipinski definition) is 1. The van der Waals surface area contributed by atoms with Gasteiger partial charge in [-0.2, -0.15) is 0 Å². The van der Waals surface area contributed by atoms with Crippen LogP contribution in [-0.2, 0) is 6.54 Å². The van der Waals surface area contributed by atoms with Crippen LogP contribution in [0, 0.1) is 0 Å². The van der Waals surface area contributed by atoms with E-state index in [9.17, 15) is 4.79 Å². The van der Waals surface area contributed by atoms with Crippen LogP contribution < -0.4 is 5.56 Å². The van der Waals surface area contributed by atoms with E-state index in [1.54, 1.807) is 6.07 Å². The van der Waals surface area contributed by atoms with Gasteiger partial charge in [0.1, 0.15) is 5.82 Å².